The summed E-state index contributed by atoms with van der Waals surface area (Å²) in [7, 11) is 0. The number of piperazine rings is 1. The van der Waals surface area contributed by atoms with Crippen LogP contribution in [0.5, 0.6) is 0 Å². The van der Waals surface area contributed by atoms with E-state index in [2.05, 4.69) is 32.0 Å². The van der Waals surface area contributed by atoms with Gasteiger partial charge in [0.25, 0.3) is 0 Å². The fourth-order valence-electron chi connectivity index (χ4n) is 3.39. The molecular weight excluding hydrogens is 340 g/mol. The summed E-state index contributed by atoms with van der Waals surface area (Å²) >= 11 is 0. The number of nitrogen functional groups attached to an aromatic ring is 1. The van der Waals surface area contributed by atoms with E-state index < -0.39 is 0 Å². The molecule has 1 aliphatic rings. The number of nitrogens with zero attached hydrogens (tertiary/aromatic N) is 4. The molecule has 2 heterocycles. The fraction of sp³-hybridized carbons (Fsp3) is 0.550. The number of para-hydroxylation sites is 1. The molecule has 27 heavy (non-hydrogen) atoms. The Morgan fingerprint density at radius 2 is 1.85 bits per heavy atom. The molecule has 146 valence electrons. The molecule has 0 aliphatic carbocycles. The molecule has 7 nitrogen and oxygen atoms in total. The first-order valence-electron chi connectivity index (χ1n) is 9.88. The molecule has 1 fully saturated rings. The average Bonchev–Trinajstić information content (AvgIpc) is 2.67. The van der Waals surface area contributed by atoms with Crippen molar-refractivity contribution in [2.75, 3.05) is 45.0 Å². The molecule has 1 aromatic heterocycles. The Morgan fingerprint density at radius 3 is 2.63 bits per heavy atom. The summed E-state index contributed by atoms with van der Waals surface area (Å²) in [4.78, 5) is 25.6. The van der Waals surface area contributed by atoms with E-state index in [0.29, 0.717) is 18.9 Å². The minimum absolute atomic E-state index is 0.130. The summed E-state index contributed by atoms with van der Waals surface area (Å²) in [6.07, 6.45) is 3.40. The highest BCUT2D eigenvalue weighted by atomic mass is 16.2. The van der Waals surface area contributed by atoms with E-state index >= 15 is 0 Å². The summed E-state index contributed by atoms with van der Waals surface area (Å²) in [6, 6.07) is 7.82. The van der Waals surface area contributed by atoms with Crippen molar-refractivity contribution in [2.45, 2.75) is 32.7 Å². The standard InChI is InChI=1S/C20H30N6O/c1-2-3-6-9-22-19(27)15-26-12-10-25(11-13-26)14-18-23-17-8-5-4-7-16(17)20(21)24-18/h4-5,7-8H,2-3,6,9-15H2,1H3,(H,22,27)(H2,21,23,24). The number of benzene rings is 1. The lowest BCUT2D eigenvalue weighted by Crippen LogP contribution is -2.49. The van der Waals surface area contributed by atoms with Gasteiger partial charge in [0, 0.05) is 38.1 Å². The Morgan fingerprint density at radius 1 is 1.11 bits per heavy atom. The minimum Gasteiger partial charge on any atom is -0.383 e. The van der Waals surface area contributed by atoms with Crippen molar-refractivity contribution in [3.05, 3.63) is 30.1 Å². The van der Waals surface area contributed by atoms with Gasteiger partial charge in [-0.2, -0.15) is 0 Å². The predicted octanol–water partition coefficient (Wildman–Crippen LogP) is 1.64. The number of hydrogen-bond donors (Lipinski definition) is 2. The number of unbranched alkanes of at least 4 members (excludes halogenated alkanes) is 2. The van der Waals surface area contributed by atoms with Gasteiger partial charge < -0.3 is 11.1 Å². The second kappa shape index (κ2) is 9.62. The molecule has 1 saturated heterocycles. The van der Waals surface area contributed by atoms with E-state index in [1.165, 1.54) is 12.8 Å². The third-order valence-electron chi connectivity index (χ3n) is 4.98. The van der Waals surface area contributed by atoms with E-state index in [1.54, 1.807) is 0 Å². The minimum atomic E-state index is 0.130. The number of carbonyl (C=O) groups excluding carboxylic acids is 1. The highest BCUT2D eigenvalue weighted by molar-refractivity contribution is 5.87. The first kappa shape index (κ1) is 19.5. The number of fused-ring (bicyclic) bond motifs is 1. The number of aromatic nitrogens is 2. The molecule has 0 radical (unpaired) electrons. The van der Waals surface area contributed by atoms with E-state index in [0.717, 1.165) is 55.9 Å². The van der Waals surface area contributed by atoms with Gasteiger partial charge in [-0.1, -0.05) is 31.9 Å². The van der Waals surface area contributed by atoms with Gasteiger partial charge in [-0.3, -0.25) is 14.6 Å². The Balaban J connectivity index is 1.45. The van der Waals surface area contributed by atoms with Crippen LogP contribution in [0.1, 0.15) is 32.0 Å². The van der Waals surface area contributed by atoms with Crippen LogP contribution >= 0.6 is 0 Å². The van der Waals surface area contributed by atoms with Crippen LogP contribution in [0.3, 0.4) is 0 Å². The number of anilines is 1. The highest BCUT2D eigenvalue weighted by Crippen LogP contribution is 2.18. The summed E-state index contributed by atoms with van der Waals surface area (Å²) in [5.41, 5.74) is 6.96. The number of nitrogens with two attached hydrogens (primary N) is 1. The van der Waals surface area contributed by atoms with Crippen molar-refractivity contribution < 1.29 is 4.79 Å². The zero-order valence-electron chi connectivity index (χ0n) is 16.2. The summed E-state index contributed by atoms with van der Waals surface area (Å²) < 4.78 is 0. The number of carbonyl (C=O) groups is 1. The third kappa shape index (κ3) is 5.61. The number of rotatable bonds is 8. The van der Waals surface area contributed by atoms with Gasteiger partial charge in [0.1, 0.15) is 11.6 Å². The summed E-state index contributed by atoms with van der Waals surface area (Å²) in [5, 5.41) is 3.91. The first-order valence-corrected chi connectivity index (χ1v) is 9.88. The molecule has 0 atom stereocenters. The largest absolute Gasteiger partial charge is 0.383 e. The van der Waals surface area contributed by atoms with E-state index in [9.17, 15) is 4.79 Å². The van der Waals surface area contributed by atoms with Gasteiger partial charge in [0.05, 0.1) is 18.6 Å². The maximum absolute atomic E-state index is 12.0. The van der Waals surface area contributed by atoms with Gasteiger partial charge in [-0.05, 0) is 18.6 Å². The number of nitrogens with one attached hydrogen (secondary N) is 1. The van der Waals surface area contributed by atoms with Crippen LogP contribution in [0.2, 0.25) is 0 Å². The van der Waals surface area contributed by atoms with Crippen molar-refractivity contribution >= 4 is 22.6 Å². The van der Waals surface area contributed by atoms with Crippen LogP contribution < -0.4 is 11.1 Å². The van der Waals surface area contributed by atoms with Crippen LogP contribution in [0, 0.1) is 0 Å². The molecule has 1 aliphatic heterocycles. The lowest BCUT2D eigenvalue weighted by molar-refractivity contribution is -0.122. The molecule has 1 aromatic carbocycles. The highest BCUT2D eigenvalue weighted by Gasteiger charge is 2.20. The van der Waals surface area contributed by atoms with Gasteiger partial charge in [-0.25, -0.2) is 9.97 Å². The maximum atomic E-state index is 12.0. The van der Waals surface area contributed by atoms with Crippen LogP contribution in [-0.4, -0.2) is 64.9 Å². The first-order chi connectivity index (χ1) is 13.2. The lowest BCUT2D eigenvalue weighted by Gasteiger charge is -2.33. The van der Waals surface area contributed by atoms with Gasteiger partial charge in [0.2, 0.25) is 5.91 Å². The van der Waals surface area contributed by atoms with Crippen molar-refractivity contribution in [3.8, 4) is 0 Å². The summed E-state index contributed by atoms with van der Waals surface area (Å²) in [6.45, 7) is 7.69. The van der Waals surface area contributed by atoms with Crippen LogP contribution in [0.25, 0.3) is 10.9 Å². The van der Waals surface area contributed by atoms with Crippen LogP contribution in [-0.2, 0) is 11.3 Å². The second-order valence-electron chi connectivity index (χ2n) is 7.15. The topological polar surface area (TPSA) is 87.4 Å². The molecule has 0 spiro atoms. The average molecular weight is 371 g/mol. The molecule has 3 N–H and O–H groups in total. The molecular formula is C20H30N6O. The normalized spacial score (nSPS) is 15.9. The quantitative estimate of drug-likeness (QED) is 0.687. The van der Waals surface area contributed by atoms with E-state index in [1.807, 2.05) is 24.3 Å². The fourth-order valence-corrected chi connectivity index (χ4v) is 3.39. The number of amides is 1. The van der Waals surface area contributed by atoms with Crippen LogP contribution in [0.4, 0.5) is 5.82 Å². The monoisotopic (exact) mass is 370 g/mol. The zero-order valence-corrected chi connectivity index (χ0v) is 16.2. The van der Waals surface area contributed by atoms with E-state index in [4.69, 9.17) is 5.73 Å². The molecule has 3 rings (SSSR count). The Labute approximate surface area is 160 Å². The zero-order chi connectivity index (χ0) is 19.1. The molecule has 0 unspecified atom stereocenters. The lowest BCUT2D eigenvalue weighted by atomic mass is 10.2. The number of hydrogen-bond acceptors (Lipinski definition) is 6. The SMILES string of the molecule is CCCCCNC(=O)CN1CCN(Cc2nc(N)c3ccccc3n2)CC1. The van der Waals surface area contributed by atoms with Crippen molar-refractivity contribution in [3.63, 3.8) is 0 Å². The predicted molar refractivity (Wildman–Crippen MR) is 108 cm³/mol. The maximum Gasteiger partial charge on any atom is 0.234 e. The summed E-state index contributed by atoms with van der Waals surface area (Å²) in [5.74, 6) is 1.42. The van der Waals surface area contributed by atoms with Gasteiger partial charge in [0.15, 0.2) is 0 Å². The van der Waals surface area contributed by atoms with Crippen molar-refractivity contribution in [1.29, 1.82) is 0 Å². The van der Waals surface area contributed by atoms with Crippen LogP contribution in [0.15, 0.2) is 24.3 Å². The van der Waals surface area contributed by atoms with Gasteiger partial charge in [-0.15, -0.1) is 0 Å². The second-order valence-corrected chi connectivity index (χ2v) is 7.15. The smallest absolute Gasteiger partial charge is 0.234 e. The Kier molecular flexibility index (Phi) is 6.95. The Hall–Kier alpha value is -2.25. The molecule has 0 saturated carbocycles. The molecule has 7 heteroatoms. The Bertz CT molecular complexity index is 757. The molecule has 2 aromatic rings. The van der Waals surface area contributed by atoms with E-state index in [-0.39, 0.29) is 5.91 Å². The molecule has 0 bridgehead atoms. The third-order valence-corrected chi connectivity index (χ3v) is 4.98. The van der Waals surface area contributed by atoms with Crippen molar-refractivity contribution in [2.24, 2.45) is 0 Å². The van der Waals surface area contributed by atoms with Crippen molar-refractivity contribution in [1.82, 2.24) is 25.1 Å². The molecule has 1 amide bonds. The van der Waals surface area contributed by atoms with Gasteiger partial charge >= 0.3 is 0 Å².